The SMILES string of the molecule is NC(=O)c1sccc1C#Cc1ccc(F)cc1. The van der Waals surface area contributed by atoms with Gasteiger partial charge in [0.25, 0.3) is 5.91 Å². The third kappa shape index (κ3) is 2.71. The number of primary amides is 1. The smallest absolute Gasteiger partial charge is 0.260 e. The van der Waals surface area contributed by atoms with Crippen molar-refractivity contribution in [3.8, 4) is 11.8 Å². The molecule has 84 valence electrons. The van der Waals surface area contributed by atoms with Crippen LogP contribution in [0, 0.1) is 17.7 Å². The first kappa shape index (κ1) is 11.4. The van der Waals surface area contributed by atoms with Crippen LogP contribution in [0.3, 0.4) is 0 Å². The van der Waals surface area contributed by atoms with Crippen LogP contribution >= 0.6 is 11.3 Å². The van der Waals surface area contributed by atoms with E-state index in [1.807, 2.05) is 0 Å². The first-order valence-corrected chi connectivity index (χ1v) is 5.69. The normalized spacial score (nSPS) is 9.47. The topological polar surface area (TPSA) is 43.1 Å². The Morgan fingerprint density at radius 2 is 1.88 bits per heavy atom. The van der Waals surface area contributed by atoms with E-state index in [0.717, 1.165) is 0 Å². The van der Waals surface area contributed by atoms with Crippen LogP contribution in [0.1, 0.15) is 20.8 Å². The van der Waals surface area contributed by atoms with Crippen molar-refractivity contribution in [2.45, 2.75) is 0 Å². The van der Waals surface area contributed by atoms with Crippen molar-refractivity contribution in [3.63, 3.8) is 0 Å². The average Bonchev–Trinajstić information content (AvgIpc) is 2.76. The van der Waals surface area contributed by atoms with Gasteiger partial charge in [-0.2, -0.15) is 0 Å². The lowest BCUT2D eigenvalue weighted by Gasteiger charge is -1.91. The Balaban J connectivity index is 2.30. The molecule has 1 amide bonds. The zero-order chi connectivity index (χ0) is 12.3. The van der Waals surface area contributed by atoms with E-state index in [9.17, 15) is 9.18 Å². The molecule has 1 aromatic heterocycles. The number of hydrogen-bond acceptors (Lipinski definition) is 2. The molecule has 2 rings (SSSR count). The average molecular weight is 245 g/mol. The van der Waals surface area contributed by atoms with Gasteiger partial charge in [0, 0.05) is 11.1 Å². The summed E-state index contributed by atoms with van der Waals surface area (Å²) >= 11 is 1.26. The minimum atomic E-state index is -0.483. The standard InChI is InChI=1S/C13H8FNOS/c14-11-5-2-9(3-6-11)1-4-10-7-8-17-12(10)13(15)16/h2-3,5-8H,(H2,15,16). The molecule has 0 saturated heterocycles. The van der Waals surface area contributed by atoms with Crippen LogP contribution in [-0.4, -0.2) is 5.91 Å². The van der Waals surface area contributed by atoms with E-state index in [1.165, 1.54) is 23.5 Å². The molecule has 2 nitrogen and oxygen atoms in total. The molecule has 0 unspecified atom stereocenters. The van der Waals surface area contributed by atoms with E-state index < -0.39 is 5.91 Å². The lowest BCUT2D eigenvalue weighted by molar-refractivity contribution is 0.100. The second kappa shape index (κ2) is 4.81. The summed E-state index contributed by atoms with van der Waals surface area (Å²) in [5.41, 5.74) is 6.49. The Morgan fingerprint density at radius 1 is 1.18 bits per heavy atom. The summed E-state index contributed by atoms with van der Waals surface area (Å²) in [6.07, 6.45) is 0. The monoisotopic (exact) mass is 245 g/mol. The van der Waals surface area contributed by atoms with E-state index in [-0.39, 0.29) is 5.82 Å². The fraction of sp³-hybridized carbons (Fsp3) is 0. The molecule has 17 heavy (non-hydrogen) atoms. The van der Waals surface area contributed by atoms with Crippen molar-refractivity contribution in [1.82, 2.24) is 0 Å². The molecule has 0 aliphatic carbocycles. The number of hydrogen-bond donors (Lipinski definition) is 1. The number of carbonyl (C=O) groups is 1. The number of thiophene rings is 1. The molecule has 0 radical (unpaired) electrons. The highest BCUT2D eigenvalue weighted by Gasteiger charge is 2.06. The summed E-state index contributed by atoms with van der Waals surface area (Å²) in [5, 5.41) is 1.76. The minimum absolute atomic E-state index is 0.302. The molecule has 1 aromatic carbocycles. The van der Waals surface area contributed by atoms with Gasteiger partial charge in [0.2, 0.25) is 0 Å². The highest BCUT2D eigenvalue weighted by atomic mass is 32.1. The number of carbonyl (C=O) groups excluding carboxylic acids is 1. The van der Waals surface area contributed by atoms with Gasteiger partial charge in [0.1, 0.15) is 10.7 Å². The van der Waals surface area contributed by atoms with Crippen LogP contribution in [0.4, 0.5) is 4.39 Å². The lowest BCUT2D eigenvalue weighted by atomic mass is 10.2. The predicted octanol–water partition coefficient (Wildman–Crippen LogP) is 2.39. The number of halogens is 1. The molecule has 1 heterocycles. The molecule has 2 N–H and O–H groups in total. The fourth-order valence-electron chi connectivity index (χ4n) is 1.27. The second-order valence-corrected chi connectivity index (χ2v) is 4.20. The molecule has 0 spiro atoms. The molecule has 0 aliphatic heterocycles. The fourth-order valence-corrected chi connectivity index (χ4v) is 1.97. The van der Waals surface area contributed by atoms with E-state index >= 15 is 0 Å². The van der Waals surface area contributed by atoms with E-state index in [4.69, 9.17) is 5.73 Å². The summed E-state index contributed by atoms with van der Waals surface area (Å²) in [6, 6.07) is 7.58. The quantitative estimate of drug-likeness (QED) is 0.770. The second-order valence-electron chi connectivity index (χ2n) is 3.28. The van der Waals surface area contributed by atoms with Gasteiger partial charge in [-0.15, -0.1) is 11.3 Å². The van der Waals surface area contributed by atoms with Crippen molar-refractivity contribution in [1.29, 1.82) is 0 Å². The molecule has 0 aliphatic rings. The number of nitrogens with two attached hydrogens (primary N) is 1. The Kier molecular flexibility index (Phi) is 3.22. The van der Waals surface area contributed by atoms with Crippen LogP contribution in [0.25, 0.3) is 0 Å². The molecular weight excluding hydrogens is 237 g/mol. The maximum absolute atomic E-state index is 12.7. The van der Waals surface area contributed by atoms with Crippen molar-refractivity contribution in [2.75, 3.05) is 0 Å². The third-order valence-corrected chi connectivity index (χ3v) is 3.00. The van der Waals surface area contributed by atoms with Crippen LogP contribution in [-0.2, 0) is 0 Å². The van der Waals surface area contributed by atoms with Gasteiger partial charge in [-0.1, -0.05) is 11.8 Å². The van der Waals surface area contributed by atoms with Gasteiger partial charge in [-0.05, 0) is 35.7 Å². The van der Waals surface area contributed by atoms with Gasteiger partial charge in [-0.25, -0.2) is 4.39 Å². The van der Waals surface area contributed by atoms with Crippen LogP contribution < -0.4 is 5.73 Å². The van der Waals surface area contributed by atoms with Crippen molar-refractivity contribution in [3.05, 3.63) is 57.5 Å². The molecule has 2 aromatic rings. The molecule has 0 bridgehead atoms. The predicted molar refractivity (Wildman–Crippen MR) is 65.2 cm³/mol. The first-order valence-electron chi connectivity index (χ1n) is 4.81. The first-order chi connectivity index (χ1) is 8.16. The van der Waals surface area contributed by atoms with Gasteiger partial charge >= 0.3 is 0 Å². The van der Waals surface area contributed by atoms with E-state index in [1.54, 1.807) is 23.6 Å². The van der Waals surface area contributed by atoms with Gasteiger partial charge in [0.15, 0.2) is 0 Å². The maximum Gasteiger partial charge on any atom is 0.260 e. The molecule has 0 atom stereocenters. The number of benzene rings is 1. The summed E-state index contributed by atoms with van der Waals surface area (Å²) in [4.78, 5) is 11.5. The summed E-state index contributed by atoms with van der Waals surface area (Å²) in [5.74, 6) is 4.91. The van der Waals surface area contributed by atoms with E-state index in [2.05, 4.69) is 11.8 Å². The van der Waals surface area contributed by atoms with E-state index in [0.29, 0.717) is 16.0 Å². The number of amides is 1. The molecule has 0 fully saturated rings. The van der Waals surface area contributed by atoms with Gasteiger partial charge < -0.3 is 5.73 Å². The third-order valence-electron chi connectivity index (χ3n) is 2.07. The molecule has 0 saturated carbocycles. The van der Waals surface area contributed by atoms with Crippen molar-refractivity contribution >= 4 is 17.2 Å². The van der Waals surface area contributed by atoms with Gasteiger partial charge in [0.05, 0.1) is 0 Å². The highest BCUT2D eigenvalue weighted by molar-refractivity contribution is 7.12. The maximum atomic E-state index is 12.7. The molecular formula is C13H8FNOS. The van der Waals surface area contributed by atoms with Crippen molar-refractivity contribution in [2.24, 2.45) is 5.73 Å². The zero-order valence-corrected chi connectivity index (χ0v) is 9.55. The van der Waals surface area contributed by atoms with Crippen LogP contribution in [0.2, 0.25) is 0 Å². The summed E-state index contributed by atoms with van der Waals surface area (Å²) in [7, 11) is 0. The Hall–Kier alpha value is -2.12. The Labute approximate surface area is 102 Å². The zero-order valence-electron chi connectivity index (χ0n) is 8.74. The van der Waals surface area contributed by atoms with Gasteiger partial charge in [-0.3, -0.25) is 4.79 Å². The largest absolute Gasteiger partial charge is 0.365 e. The number of rotatable bonds is 1. The lowest BCUT2D eigenvalue weighted by Crippen LogP contribution is -2.10. The minimum Gasteiger partial charge on any atom is -0.365 e. The van der Waals surface area contributed by atoms with Crippen molar-refractivity contribution < 1.29 is 9.18 Å². The highest BCUT2D eigenvalue weighted by Crippen LogP contribution is 2.14. The Bertz CT molecular complexity index is 604. The summed E-state index contributed by atoms with van der Waals surface area (Å²) in [6.45, 7) is 0. The van der Waals surface area contributed by atoms with Crippen LogP contribution in [0.15, 0.2) is 35.7 Å². The Morgan fingerprint density at radius 3 is 2.53 bits per heavy atom. The summed E-state index contributed by atoms with van der Waals surface area (Å²) < 4.78 is 12.7. The van der Waals surface area contributed by atoms with Crippen LogP contribution in [0.5, 0.6) is 0 Å². The molecule has 4 heteroatoms.